The molecule has 0 saturated carbocycles. The van der Waals surface area contributed by atoms with Gasteiger partial charge in [0.2, 0.25) is 0 Å². The zero-order valence-corrected chi connectivity index (χ0v) is 24.8. The van der Waals surface area contributed by atoms with Crippen molar-refractivity contribution in [2.24, 2.45) is 0 Å². The van der Waals surface area contributed by atoms with Crippen LogP contribution in [-0.4, -0.2) is 19.9 Å². The van der Waals surface area contributed by atoms with Crippen LogP contribution in [-0.2, 0) is 0 Å². The van der Waals surface area contributed by atoms with Gasteiger partial charge in [0.05, 0.1) is 54.6 Å². The van der Waals surface area contributed by atoms with Crippen LogP contribution in [0.2, 0.25) is 15.1 Å². The first-order chi connectivity index (χ1) is 20.5. The van der Waals surface area contributed by atoms with Gasteiger partial charge in [0.15, 0.2) is 0 Å². The molecule has 0 N–H and O–H groups in total. The molecule has 4 aromatic heterocycles. The molecule has 0 unspecified atom stereocenters. The van der Waals surface area contributed by atoms with E-state index in [0.717, 1.165) is 29.8 Å². The first-order valence-electron chi connectivity index (χ1n) is 12.6. The van der Waals surface area contributed by atoms with Gasteiger partial charge in [-0.1, -0.05) is 47.5 Å². The summed E-state index contributed by atoms with van der Waals surface area (Å²) in [5, 5.41) is 1.10. The molecule has 216 valence electrons. The second-order valence-corrected chi connectivity index (χ2v) is 10.6. The number of nitrogens with zero attached hydrogens (tertiary/aromatic N) is 4. The second-order valence-electron chi connectivity index (χ2n) is 9.40. The van der Waals surface area contributed by atoms with Crippen molar-refractivity contribution in [2.45, 2.75) is 13.8 Å². The van der Waals surface area contributed by atoms with Crippen molar-refractivity contribution in [3.8, 4) is 22.8 Å². The highest BCUT2D eigenvalue weighted by atomic mass is 35.5. The molecule has 6 rings (SSSR count). The Morgan fingerprint density at radius 3 is 1.58 bits per heavy atom. The fourth-order valence-electron chi connectivity index (χ4n) is 4.46. The molecule has 4 heterocycles. The van der Waals surface area contributed by atoms with Gasteiger partial charge in [-0.15, -0.1) is 0 Å². The Balaban J connectivity index is 0.000000171. The van der Waals surface area contributed by atoms with Gasteiger partial charge in [-0.05, 0) is 54.8 Å². The summed E-state index contributed by atoms with van der Waals surface area (Å²) in [6.07, 6.45) is 4.84. The van der Waals surface area contributed by atoms with Crippen molar-refractivity contribution in [1.82, 2.24) is 19.9 Å². The molecule has 0 aliphatic carbocycles. The lowest BCUT2D eigenvalue weighted by atomic mass is 10.1. The number of hydrogen-bond donors (Lipinski definition) is 0. The Kier molecular flexibility index (Phi) is 8.64. The average Bonchev–Trinajstić information content (AvgIpc) is 2.96. The van der Waals surface area contributed by atoms with Gasteiger partial charge in [-0.25, -0.2) is 27.5 Å². The largest absolute Gasteiger partial charge is 0.255 e. The Bertz CT molecular complexity index is 2070. The maximum atomic E-state index is 13.9. The molecule has 0 aliphatic heterocycles. The fourth-order valence-corrected chi connectivity index (χ4v) is 5.17. The van der Waals surface area contributed by atoms with Crippen molar-refractivity contribution < 1.29 is 17.6 Å². The van der Waals surface area contributed by atoms with Crippen LogP contribution in [0.3, 0.4) is 0 Å². The van der Waals surface area contributed by atoms with Gasteiger partial charge in [-0.2, -0.15) is 0 Å². The van der Waals surface area contributed by atoms with E-state index in [1.807, 2.05) is 0 Å². The van der Waals surface area contributed by atoms with Crippen LogP contribution in [0.1, 0.15) is 16.7 Å². The number of benzene rings is 2. The monoisotopic (exact) mass is 640 g/mol. The predicted octanol–water partition coefficient (Wildman–Crippen LogP) is 10.4. The van der Waals surface area contributed by atoms with Gasteiger partial charge in [0.1, 0.15) is 23.3 Å². The Hall–Kier alpha value is -4.11. The van der Waals surface area contributed by atoms with Crippen LogP contribution >= 0.6 is 34.8 Å². The lowest BCUT2D eigenvalue weighted by molar-refractivity contribution is 0.590. The van der Waals surface area contributed by atoms with Crippen molar-refractivity contribution in [3.05, 3.63) is 123 Å². The minimum absolute atomic E-state index is 0.0985. The molecule has 0 fully saturated rings. The van der Waals surface area contributed by atoms with E-state index in [4.69, 9.17) is 34.8 Å². The van der Waals surface area contributed by atoms with Crippen molar-refractivity contribution in [2.75, 3.05) is 0 Å². The topological polar surface area (TPSA) is 51.6 Å². The van der Waals surface area contributed by atoms with Gasteiger partial charge >= 0.3 is 0 Å². The van der Waals surface area contributed by atoms with E-state index in [9.17, 15) is 17.6 Å². The summed E-state index contributed by atoms with van der Waals surface area (Å²) in [6.45, 7) is 7.14. The van der Waals surface area contributed by atoms with E-state index in [1.54, 1.807) is 50.4 Å². The molecule has 6 aromatic rings. The SMILES string of the molecule is C=Cc1ccnc(-c2nc3cc(F)cc(F)c3c(Cl)c2C)c1.Cc1c(-c2cc(Cl)ccn2)nc2cc(F)cc(F)c2c1Cl. The Morgan fingerprint density at radius 1 is 0.651 bits per heavy atom. The van der Waals surface area contributed by atoms with E-state index in [-0.39, 0.29) is 31.9 Å². The third-order valence-electron chi connectivity index (χ3n) is 6.57. The van der Waals surface area contributed by atoms with E-state index in [1.165, 1.54) is 6.20 Å². The molecule has 2 aromatic carbocycles. The highest BCUT2D eigenvalue weighted by Gasteiger charge is 2.18. The van der Waals surface area contributed by atoms with Crippen molar-refractivity contribution >= 4 is 62.7 Å². The number of pyridine rings is 4. The number of hydrogen-bond acceptors (Lipinski definition) is 4. The first-order valence-corrected chi connectivity index (χ1v) is 13.7. The summed E-state index contributed by atoms with van der Waals surface area (Å²) in [7, 11) is 0. The lowest BCUT2D eigenvalue weighted by Gasteiger charge is -2.11. The summed E-state index contributed by atoms with van der Waals surface area (Å²) in [4.78, 5) is 17.0. The zero-order valence-electron chi connectivity index (χ0n) is 22.5. The van der Waals surface area contributed by atoms with Crippen LogP contribution in [0, 0.1) is 37.1 Å². The van der Waals surface area contributed by atoms with Crippen LogP contribution < -0.4 is 0 Å². The molecular formula is C32H19Cl3F4N4. The summed E-state index contributed by atoms with van der Waals surface area (Å²) in [5.74, 6) is -2.88. The second kappa shape index (κ2) is 12.2. The van der Waals surface area contributed by atoms with E-state index >= 15 is 0 Å². The number of rotatable bonds is 3. The molecule has 0 radical (unpaired) electrons. The lowest BCUT2D eigenvalue weighted by Crippen LogP contribution is -1.97. The van der Waals surface area contributed by atoms with Crippen molar-refractivity contribution in [3.63, 3.8) is 0 Å². The molecule has 0 spiro atoms. The first kappa shape index (κ1) is 30.4. The number of aromatic nitrogens is 4. The van der Waals surface area contributed by atoms with E-state index in [2.05, 4.69) is 26.5 Å². The van der Waals surface area contributed by atoms with E-state index in [0.29, 0.717) is 38.9 Å². The highest BCUT2D eigenvalue weighted by molar-refractivity contribution is 6.37. The highest BCUT2D eigenvalue weighted by Crippen LogP contribution is 2.36. The summed E-state index contributed by atoms with van der Waals surface area (Å²) < 4.78 is 54.6. The molecule has 11 heteroatoms. The van der Waals surface area contributed by atoms with Crippen LogP contribution in [0.15, 0.2) is 67.5 Å². The molecule has 0 atom stereocenters. The molecule has 0 aliphatic rings. The Morgan fingerprint density at radius 2 is 1.12 bits per heavy atom. The third kappa shape index (κ3) is 6.04. The summed E-state index contributed by atoms with van der Waals surface area (Å²) in [6, 6.07) is 10.7. The van der Waals surface area contributed by atoms with Crippen LogP contribution in [0.5, 0.6) is 0 Å². The summed E-state index contributed by atoms with van der Waals surface area (Å²) in [5.41, 5.74) is 4.32. The molecule has 4 nitrogen and oxygen atoms in total. The molecule has 0 saturated heterocycles. The minimum Gasteiger partial charge on any atom is -0.255 e. The maximum absolute atomic E-state index is 13.9. The predicted molar refractivity (Wildman–Crippen MR) is 164 cm³/mol. The standard InChI is InChI=1S/C17H11ClF2N2.C15H8Cl2F2N2/c1-3-10-4-5-21-14(6-10)17-9(2)16(18)15-12(20)7-11(19)8-13(15)22-17;1-7-14(17)13-10(19)5-9(18)6-11(13)21-15(7)12-4-8(16)2-3-20-12/h3-8H,1H2,2H3;2-6H,1H3. The normalized spacial score (nSPS) is 11.0. The van der Waals surface area contributed by atoms with Crippen LogP contribution in [0.4, 0.5) is 17.6 Å². The molecular weight excluding hydrogens is 623 g/mol. The van der Waals surface area contributed by atoms with Gasteiger partial charge in [0.25, 0.3) is 0 Å². The average molecular weight is 642 g/mol. The van der Waals surface area contributed by atoms with E-state index < -0.39 is 23.3 Å². The Labute approximate surface area is 258 Å². The molecule has 43 heavy (non-hydrogen) atoms. The van der Waals surface area contributed by atoms with Crippen LogP contribution in [0.25, 0.3) is 50.7 Å². The van der Waals surface area contributed by atoms with Gasteiger partial charge in [-0.3, -0.25) is 9.97 Å². The van der Waals surface area contributed by atoms with Gasteiger partial charge < -0.3 is 0 Å². The number of fused-ring (bicyclic) bond motifs is 2. The zero-order chi connectivity index (χ0) is 31.0. The number of halogens is 7. The quantitative estimate of drug-likeness (QED) is 0.181. The summed E-state index contributed by atoms with van der Waals surface area (Å²) >= 11 is 18.4. The third-order valence-corrected chi connectivity index (χ3v) is 7.75. The smallest absolute Gasteiger partial charge is 0.137 e. The van der Waals surface area contributed by atoms with Gasteiger partial charge in [0, 0.05) is 41.7 Å². The molecule has 0 bridgehead atoms. The maximum Gasteiger partial charge on any atom is 0.137 e. The van der Waals surface area contributed by atoms with Crippen molar-refractivity contribution in [1.29, 1.82) is 0 Å². The minimum atomic E-state index is -0.740. The fraction of sp³-hybridized carbons (Fsp3) is 0.0625. The molecule has 0 amide bonds.